The zero-order valence-electron chi connectivity index (χ0n) is 10.5. The third-order valence-corrected chi connectivity index (χ3v) is 3.14. The fourth-order valence-corrected chi connectivity index (χ4v) is 2.10. The molecule has 1 heterocycles. The zero-order valence-corrected chi connectivity index (χ0v) is 10.5. The lowest BCUT2D eigenvalue weighted by Crippen LogP contribution is -2.50. The summed E-state index contributed by atoms with van der Waals surface area (Å²) in [6.45, 7) is 0.809. The van der Waals surface area contributed by atoms with Crippen LogP contribution in [-0.2, 0) is 4.79 Å². The number of rotatable bonds is 4. The maximum absolute atomic E-state index is 12.1. The lowest BCUT2D eigenvalue weighted by Gasteiger charge is -2.38. The first-order valence-electron chi connectivity index (χ1n) is 5.89. The Balaban J connectivity index is 2.03. The highest BCUT2D eigenvalue weighted by Crippen LogP contribution is 2.28. The average Bonchev–Trinajstić information content (AvgIpc) is 2.33. The number of hydrogen-bond donors (Lipinski definition) is 2. The number of carbonyl (C=O) groups is 2. The number of methoxy groups -OCH3 is 1. The Morgan fingerprint density at radius 3 is 2.68 bits per heavy atom. The third kappa shape index (κ3) is 2.78. The Labute approximate surface area is 110 Å². The number of benzene rings is 1. The van der Waals surface area contributed by atoms with Gasteiger partial charge in [-0.15, -0.1) is 0 Å². The second-order valence-electron chi connectivity index (χ2n) is 4.56. The molecule has 1 aromatic rings. The average molecular weight is 265 g/mol. The summed E-state index contributed by atoms with van der Waals surface area (Å²) in [5, 5.41) is 18.3. The van der Waals surface area contributed by atoms with Gasteiger partial charge in [0.25, 0.3) is 5.91 Å². The highest BCUT2D eigenvalue weighted by Gasteiger charge is 2.33. The van der Waals surface area contributed by atoms with E-state index in [4.69, 9.17) is 9.84 Å². The molecular formula is C13H15NO5. The molecule has 1 amide bonds. The van der Waals surface area contributed by atoms with Gasteiger partial charge in [-0.05, 0) is 18.2 Å². The molecule has 1 saturated heterocycles. The molecule has 6 nitrogen and oxygen atoms in total. The van der Waals surface area contributed by atoms with Gasteiger partial charge < -0.3 is 19.8 Å². The van der Waals surface area contributed by atoms with Crippen LogP contribution in [0.5, 0.6) is 11.5 Å². The SMILES string of the molecule is COc1ccc(O)c(C(=O)N2CC(CC(=O)O)C2)c1. The van der Waals surface area contributed by atoms with Crippen LogP contribution in [0.1, 0.15) is 16.8 Å². The number of likely N-dealkylation sites (tertiary alicyclic amines) is 1. The summed E-state index contributed by atoms with van der Waals surface area (Å²) >= 11 is 0. The highest BCUT2D eigenvalue weighted by molar-refractivity contribution is 5.97. The fraction of sp³-hybridized carbons (Fsp3) is 0.385. The molecule has 2 rings (SSSR count). The molecule has 0 bridgehead atoms. The first-order chi connectivity index (χ1) is 9.01. The van der Waals surface area contributed by atoms with Crippen LogP contribution in [0.25, 0.3) is 0 Å². The van der Waals surface area contributed by atoms with Gasteiger partial charge in [0.15, 0.2) is 0 Å². The highest BCUT2D eigenvalue weighted by atomic mass is 16.5. The van der Waals surface area contributed by atoms with E-state index in [-0.39, 0.29) is 29.6 Å². The second kappa shape index (κ2) is 5.17. The van der Waals surface area contributed by atoms with Crippen molar-refractivity contribution in [1.82, 2.24) is 4.90 Å². The van der Waals surface area contributed by atoms with Crippen molar-refractivity contribution in [2.45, 2.75) is 6.42 Å². The van der Waals surface area contributed by atoms with E-state index >= 15 is 0 Å². The van der Waals surface area contributed by atoms with E-state index in [0.29, 0.717) is 18.8 Å². The number of amides is 1. The van der Waals surface area contributed by atoms with E-state index in [0.717, 1.165) is 0 Å². The number of carboxylic acids is 1. The maximum Gasteiger partial charge on any atom is 0.303 e. The first kappa shape index (κ1) is 13.2. The van der Waals surface area contributed by atoms with Crippen LogP contribution in [0.3, 0.4) is 0 Å². The lowest BCUT2D eigenvalue weighted by molar-refractivity contribution is -0.139. The molecule has 0 atom stereocenters. The Morgan fingerprint density at radius 2 is 2.11 bits per heavy atom. The van der Waals surface area contributed by atoms with Gasteiger partial charge in [0.05, 0.1) is 19.1 Å². The number of phenols is 1. The molecule has 0 unspecified atom stereocenters. The minimum atomic E-state index is -0.860. The number of carboxylic acid groups (broad SMARTS) is 1. The Bertz CT molecular complexity index is 508. The quantitative estimate of drug-likeness (QED) is 0.846. The van der Waals surface area contributed by atoms with Crippen molar-refractivity contribution in [3.8, 4) is 11.5 Å². The van der Waals surface area contributed by atoms with E-state index in [1.165, 1.54) is 24.1 Å². The minimum absolute atomic E-state index is 0.00537. The Kier molecular flexibility index (Phi) is 3.59. The van der Waals surface area contributed by atoms with E-state index < -0.39 is 5.97 Å². The van der Waals surface area contributed by atoms with Gasteiger partial charge in [-0.3, -0.25) is 9.59 Å². The number of ether oxygens (including phenoxy) is 1. The van der Waals surface area contributed by atoms with Gasteiger partial charge in [-0.2, -0.15) is 0 Å². The van der Waals surface area contributed by atoms with E-state index in [1.807, 2.05) is 0 Å². The zero-order chi connectivity index (χ0) is 14.0. The molecule has 2 N–H and O–H groups in total. The smallest absolute Gasteiger partial charge is 0.303 e. The van der Waals surface area contributed by atoms with Crippen molar-refractivity contribution in [3.05, 3.63) is 23.8 Å². The molecule has 1 aliphatic heterocycles. The van der Waals surface area contributed by atoms with Crippen molar-refractivity contribution in [2.24, 2.45) is 5.92 Å². The van der Waals surface area contributed by atoms with Crippen LogP contribution >= 0.6 is 0 Å². The number of hydrogen-bond acceptors (Lipinski definition) is 4. The number of nitrogens with zero attached hydrogens (tertiary/aromatic N) is 1. The molecule has 6 heteroatoms. The molecule has 19 heavy (non-hydrogen) atoms. The van der Waals surface area contributed by atoms with Crippen LogP contribution in [-0.4, -0.2) is 47.2 Å². The molecule has 0 aromatic heterocycles. The predicted octanol–water partition coefficient (Wildman–Crippen LogP) is 0.948. The monoisotopic (exact) mass is 265 g/mol. The first-order valence-corrected chi connectivity index (χ1v) is 5.89. The van der Waals surface area contributed by atoms with Crippen LogP contribution in [0, 0.1) is 5.92 Å². The molecule has 1 aromatic carbocycles. The van der Waals surface area contributed by atoms with Crippen molar-refractivity contribution < 1.29 is 24.5 Å². The van der Waals surface area contributed by atoms with E-state index in [1.54, 1.807) is 6.07 Å². The topological polar surface area (TPSA) is 87.1 Å². The van der Waals surface area contributed by atoms with Crippen molar-refractivity contribution >= 4 is 11.9 Å². The molecular weight excluding hydrogens is 250 g/mol. The van der Waals surface area contributed by atoms with Crippen molar-refractivity contribution in [2.75, 3.05) is 20.2 Å². The fourth-order valence-electron chi connectivity index (χ4n) is 2.10. The standard InChI is InChI=1S/C13H15NO5/c1-19-9-2-3-11(15)10(5-9)13(18)14-6-8(7-14)4-12(16)17/h2-3,5,8,15H,4,6-7H2,1H3,(H,16,17). The summed E-state index contributed by atoms with van der Waals surface area (Å²) in [5.41, 5.74) is 0.174. The molecule has 102 valence electrons. The van der Waals surface area contributed by atoms with Crippen molar-refractivity contribution in [1.29, 1.82) is 0 Å². The largest absolute Gasteiger partial charge is 0.507 e. The van der Waals surface area contributed by atoms with Crippen molar-refractivity contribution in [3.63, 3.8) is 0 Å². The van der Waals surface area contributed by atoms with Crippen LogP contribution in [0.2, 0.25) is 0 Å². The van der Waals surface area contributed by atoms with Crippen LogP contribution < -0.4 is 4.74 Å². The molecule has 1 aliphatic rings. The van der Waals surface area contributed by atoms with E-state index in [9.17, 15) is 14.7 Å². The van der Waals surface area contributed by atoms with Gasteiger partial charge in [0.1, 0.15) is 11.5 Å². The minimum Gasteiger partial charge on any atom is -0.507 e. The summed E-state index contributed by atoms with van der Waals surface area (Å²) in [5.74, 6) is -0.787. The van der Waals surface area contributed by atoms with Gasteiger partial charge in [0, 0.05) is 19.0 Å². The normalized spacial score (nSPS) is 14.9. The van der Waals surface area contributed by atoms with Crippen LogP contribution in [0.4, 0.5) is 0 Å². The van der Waals surface area contributed by atoms with Gasteiger partial charge in [-0.25, -0.2) is 0 Å². The van der Waals surface area contributed by atoms with Gasteiger partial charge >= 0.3 is 5.97 Å². The summed E-state index contributed by atoms with van der Waals surface area (Å²) in [6, 6.07) is 4.44. The summed E-state index contributed by atoms with van der Waals surface area (Å²) in [6.07, 6.45) is 0.0634. The summed E-state index contributed by atoms with van der Waals surface area (Å²) in [7, 11) is 1.48. The molecule has 0 aliphatic carbocycles. The summed E-state index contributed by atoms with van der Waals surface area (Å²) < 4.78 is 5.01. The predicted molar refractivity (Wildman–Crippen MR) is 66.3 cm³/mol. The molecule has 0 spiro atoms. The van der Waals surface area contributed by atoms with Crippen LogP contribution in [0.15, 0.2) is 18.2 Å². The number of phenolic OH excluding ortho intramolecular Hbond substituents is 1. The Hall–Kier alpha value is -2.24. The van der Waals surface area contributed by atoms with Gasteiger partial charge in [0.2, 0.25) is 0 Å². The number of aromatic hydroxyl groups is 1. The third-order valence-electron chi connectivity index (χ3n) is 3.14. The maximum atomic E-state index is 12.1. The lowest BCUT2D eigenvalue weighted by atomic mass is 9.95. The molecule has 1 fully saturated rings. The molecule has 0 radical (unpaired) electrons. The second-order valence-corrected chi connectivity index (χ2v) is 4.56. The number of aliphatic carboxylic acids is 1. The number of carbonyl (C=O) groups excluding carboxylic acids is 1. The van der Waals surface area contributed by atoms with E-state index in [2.05, 4.69) is 0 Å². The molecule has 0 saturated carbocycles. The Morgan fingerprint density at radius 1 is 1.42 bits per heavy atom. The van der Waals surface area contributed by atoms with Gasteiger partial charge in [-0.1, -0.05) is 0 Å². The summed E-state index contributed by atoms with van der Waals surface area (Å²) in [4.78, 5) is 24.2.